The lowest BCUT2D eigenvalue weighted by molar-refractivity contribution is -0.121. The van der Waals surface area contributed by atoms with Gasteiger partial charge < -0.3 is 10.4 Å². The molecule has 0 fully saturated rings. The Morgan fingerprint density at radius 2 is 2.09 bits per heavy atom. The van der Waals surface area contributed by atoms with E-state index in [1.807, 2.05) is 55.2 Å². The third-order valence-electron chi connectivity index (χ3n) is 4.15. The second kappa shape index (κ2) is 8.48. The highest BCUT2D eigenvalue weighted by molar-refractivity contribution is 5.76. The highest BCUT2D eigenvalue weighted by Crippen LogP contribution is 2.18. The quantitative estimate of drug-likeness (QED) is 0.785. The van der Waals surface area contributed by atoms with E-state index >= 15 is 0 Å². The number of aryl methyl sites for hydroxylation is 2. The highest BCUT2D eigenvalue weighted by atomic mass is 16.3. The molecular weight excluding hydrogens is 290 g/mol. The first kappa shape index (κ1) is 17.2. The second-order valence-corrected chi connectivity index (χ2v) is 5.78. The third kappa shape index (κ3) is 4.93. The van der Waals surface area contributed by atoms with Crippen molar-refractivity contribution in [2.45, 2.75) is 38.6 Å². The van der Waals surface area contributed by atoms with Crippen LogP contribution in [0.15, 0.2) is 36.5 Å². The minimum absolute atomic E-state index is 0.0278. The Labute approximate surface area is 137 Å². The maximum atomic E-state index is 12.3. The molecule has 0 spiro atoms. The van der Waals surface area contributed by atoms with Crippen molar-refractivity contribution in [3.63, 3.8) is 0 Å². The zero-order chi connectivity index (χ0) is 16.7. The molecule has 1 aromatic carbocycles. The van der Waals surface area contributed by atoms with Gasteiger partial charge >= 0.3 is 0 Å². The van der Waals surface area contributed by atoms with Gasteiger partial charge in [-0.2, -0.15) is 5.10 Å². The average Bonchev–Trinajstić information content (AvgIpc) is 2.89. The van der Waals surface area contributed by atoms with Crippen LogP contribution in [0.3, 0.4) is 0 Å². The van der Waals surface area contributed by atoms with Gasteiger partial charge in [0, 0.05) is 25.8 Å². The molecule has 0 saturated heterocycles. The Bertz CT molecular complexity index is 622. The molecule has 0 bridgehead atoms. The second-order valence-electron chi connectivity index (χ2n) is 5.78. The van der Waals surface area contributed by atoms with Crippen LogP contribution >= 0.6 is 0 Å². The van der Waals surface area contributed by atoms with E-state index in [4.69, 9.17) is 5.11 Å². The fraction of sp³-hybridized carbons (Fsp3) is 0.444. The van der Waals surface area contributed by atoms with Crippen molar-refractivity contribution in [1.29, 1.82) is 0 Å². The van der Waals surface area contributed by atoms with Crippen molar-refractivity contribution in [2.24, 2.45) is 7.05 Å². The van der Waals surface area contributed by atoms with Gasteiger partial charge in [-0.15, -0.1) is 0 Å². The molecule has 0 aliphatic carbocycles. The minimum Gasteiger partial charge on any atom is -0.396 e. The number of carbonyl (C=O) groups is 1. The molecule has 0 aliphatic rings. The standard InChI is InChI=1S/C18H25N3O2/c1-14-16(13-19-21(14)2)10-11-18(23)20-17(9-6-12-22)15-7-4-3-5-8-15/h3-5,7-8,13,17,22H,6,9-12H2,1-2H3,(H,20,23). The largest absolute Gasteiger partial charge is 0.396 e. The van der Waals surface area contributed by atoms with Crippen LogP contribution in [0.5, 0.6) is 0 Å². The summed E-state index contributed by atoms with van der Waals surface area (Å²) in [5.41, 5.74) is 3.28. The average molecular weight is 315 g/mol. The zero-order valence-corrected chi connectivity index (χ0v) is 13.8. The topological polar surface area (TPSA) is 67.2 Å². The summed E-state index contributed by atoms with van der Waals surface area (Å²) in [6.07, 6.45) is 4.35. The van der Waals surface area contributed by atoms with Crippen LogP contribution in [0.2, 0.25) is 0 Å². The highest BCUT2D eigenvalue weighted by Gasteiger charge is 2.14. The summed E-state index contributed by atoms with van der Waals surface area (Å²) >= 11 is 0. The third-order valence-corrected chi connectivity index (χ3v) is 4.15. The van der Waals surface area contributed by atoms with Crippen molar-refractivity contribution in [2.75, 3.05) is 6.61 Å². The van der Waals surface area contributed by atoms with E-state index in [1.54, 1.807) is 0 Å². The number of aliphatic hydroxyl groups is 1. The van der Waals surface area contributed by atoms with E-state index in [0.29, 0.717) is 19.3 Å². The molecular formula is C18H25N3O2. The summed E-state index contributed by atoms with van der Waals surface area (Å²) in [6, 6.07) is 9.85. The lowest BCUT2D eigenvalue weighted by Crippen LogP contribution is -2.29. The molecule has 2 aromatic rings. The number of aliphatic hydroxyl groups excluding tert-OH is 1. The van der Waals surface area contributed by atoms with Crippen LogP contribution in [0.25, 0.3) is 0 Å². The van der Waals surface area contributed by atoms with Crippen LogP contribution in [0.4, 0.5) is 0 Å². The number of hydrogen-bond donors (Lipinski definition) is 2. The lowest BCUT2D eigenvalue weighted by atomic mass is 10.0. The number of hydrogen-bond acceptors (Lipinski definition) is 3. The maximum Gasteiger partial charge on any atom is 0.220 e. The first-order valence-corrected chi connectivity index (χ1v) is 8.04. The SMILES string of the molecule is Cc1c(CCC(=O)NC(CCCO)c2ccccc2)cnn1C. The zero-order valence-electron chi connectivity index (χ0n) is 13.8. The summed E-state index contributed by atoms with van der Waals surface area (Å²) in [7, 11) is 1.90. The van der Waals surface area contributed by atoms with Gasteiger partial charge in [0.15, 0.2) is 0 Å². The number of benzene rings is 1. The Balaban J connectivity index is 1.93. The van der Waals surface area contributed by atoms with Crippen molar-refractivity contribution in [3.05, 3.63) is 53.3 Å². The maximum absolute atomic E-state index is 12.3. The number of nitrogens with one attached hydrogen (secondary N) is 1. The van der Waals surface area contributed by atoms with E-state index in [1.165, 1.54) is 0 Å². The normalized spacial score (nSPS) is 12.1. The van der Waals surface area contributed by atoms with E-state index in [-0.39, 0.29) is 18.6 Å². The van der Waals surface area contributed by atoms with Gasteiger partial charge in [-0.05, 0) is 37.3 Å². The number of carbonyl (C=O) groups excluding carboxylic acids is 1. The summed E-state index contributed by atoms with van der Waals surface area (Å²) in [6.45, 7) is 2.14. The van der Waals surface area contributed by atoms with Crippen LogP contribution in [0, 0.1) is 6.92 Å². The molecule has 23 heavy (non-hydrogen) atoms. The Kier molecular flexibility index (Phi) is 6.35. The van der Waals surface area contributed by atoms with Crippen molar-refractivity contribution < 1.29 is 9.90 Å². The van der Waals surface area contributed by atoms with Crippen molar-refractivity contribution >= 4 is 5.91 Å². The van der Waals surface area contributed by atoms with E-state index in [9.17, 15) is 4.79 Å². The first-order valence-electron chi connectivity index (χ1n) is 8.04. The van der Waals surface area contributed by atoms with Crippen LogP contribution in [-0.2, 0) is 18.3 Å². The molecule has 1 aromatic heterocycles. The van der Waals surface area contributed by atoms with Crippen LogP contribution in [0.1, 0.15) is 42.1 Å². The number of rotatable bonds is 8. The van der Waals surface area contributed by atoms with Crippen LogP contribution < -0.4 is 5.32 Å². The predicted octanol–water partition coefficient (Wildman–Crippen LogP) is 2.29. The lowest BCUT2D eigenvalue weighted by Gasteiger charge is -2.19. The summed E-state index contributed by atoms with van der Waals surface area (Å²) < 4.78 is 1.82. The van der Waals surface area contributed by atoms with Gasteiger partial charge in [0.05, 0.1) is 12.2 Å². The van der Waals surface area contributed by atoms with Gasteiger partial charge in [0.25, 0.3) is 0 Å². The summed E-state index contributed by atoms with van der Waals surface area (Å²) in [5, 5.41) is 16.3. The minimum atomic E-state index is -0.0501. The van der Waals surface area contributed by atoms with E-state index < -0.39 is 0 Å². The van der Waals surface area contributed by atoms with E-state index in [0.717, 1.165) is 23.2 Å². The molecule has 5 nitrogen and oxygen atoms in total. The smallest absolute Gasteiger partial charge is 0.220 e. The molecule has 0 aliphatic heterocycles. The molecule has 1 atom stereocenters. The van der Waals surface area contributed by atoms with Crippen molar-refractivity contribution in [1.82, 2.24) is 15.1 Å². The molecule has 5 heteroatoms. The molecule has 1 amide bonds. The van der Waals surface area contributed by atoms with E-state index in [2.05, 4.69) is 10.4 Å². The molecule has 0 radical (unpaired) electrons. The summed E-state index contributed by atoms with van der Waals surface area (Å²) in [4.78, 5) is 12.3. The Morgan fingerprint density at radius 1 is 1.35 bits per heavy atom. The van der Waals surface area contributed by atoms with Gasteiger partial charge in [-0.1, -0.05) is 30.3 Å². The number of nitrogens with zero attached hydrogens (tertiary/aromatic N) is 2. The van der Waals surface area contributed by atoms with Gasteiger partial charge in [0.1, 0.15) is 0 Å². The van der Waals surface area contributed by atoms with Gasteiger partial charge in [-0.25, -0.2) is 0 Å². The number of aromatic nitrogens is 2. The van der Waals surface area contributed by atoms with Gasteiger partial charge in [-0.3, -0.25) is 9.48 Å². The first-order chi connectivity index (χ1) is 11.1. The van der Waals surface area contributed by atoms with Crippen LogP contribution in [-0.4, -0.2) is 27.4 Å². The summed E-state index contributed by atoms with van der Waals surface area (Å²) in [5.74, 6) is 0.0278. The molecule has 1 unspecified atom stereocenters. The van der Waals surface area contributed by atoms with Gasteiger partial charge in [0.2, 0.25) is 5.91 Å². The molecule has 1 heterocycles. The predicted molar refractivity (Wildman–Crippen MR) is 89.9 cm³/mol. The molecule has 2 N–H and O–H groups in total. The Morgan fingerprint density at radius 3 is 2.70 bits per heavy atom. The monoisotopic (exact) mass is 315 g/mol. The Hall–Kier alpha value is -2.14. The van der Waals surface area contributed by atoms with Crippen molar-refractivity contribution in [3.8, 4) is 0 Å². The molecule has 124 valence electrons. The number of amides is 1. The molecule has 0 saturated carbocycles. The molecule has 2 rings (SSSR count). The fourth-order valence-electron chi connectivity index (χ4n) is 2.61. The fourth-order valence-corrected chi connectivity index (χ4v) is 2.61.